The Morgan fingerprint density at radius 3 is 2.63 bits per heavy atom. The minimum Gasteiger partial charge on any atom is -0.480 e. The van der Waals surface area contributed by atoms with E-state index in [1.54, 1.807) is 35.4 Å². The lowest BCUT2D eigenvalue weighted by Gasteiger charge is -2.25. The van der Waals surface area contributed by atoms with Gasteiger partial charge in [0.2, 0.25) is 18.3 Å². The number of carboxylic acids is 1. The molecule has 0 bridgehead atoms. The summed E-state index contributed by atoms with van der Waals surface area (Å²) in [5.74, 6) is -2.08. The average molecular weight is 526 g/mol. The number of nitrogens with zero attached hydrogens (tertiary/aromatic N) is 3. The van der Waals surface area contributed by atoms with E-state index in [0.29, 0.717) is 43.0 Å². The molecule has 3 rings (SSSR count). The lowest BCUT2D eigenvalue weighted by molar-refractivity contribution is -0.139. The zero-order valence-corrected chi connectivity index (χ0v) is 21.6. The zero-order valence-electron chi connectivity index (χ0n) is 21.6. The molecule has 6 N–H and O–H groups in total. The monoisotopic (exact) mass is 525 g/mol. The van der Waals surface area contributed by atoms with Crippen molar-refractivity contribution in [3.05, 3.63) is 41.6 Å². The van der Waals surface area contributed by atoms with Crippen molar-refractivity contribution in [2.75, 3.05) is 18.4 Å². The molecule has 204 valence electrons. The topological polar surface area (TPSA) is 179 Å². The number of anilines is 1. The summed E-state index contributed by atoms with van der Waals surface area (Å²) in [5.41, 5.74) is 7.33. The number of unbranched alkanes of at least 4 members (excludes halogenated alkanes) is 1. The van der Waals surface area contributed by atoms with E-state index in [1.807, 2.05) is 6.92 Å². The Hall–Kier alpha value is -4.22. The first-order valence-electron chi connectivity index (χ1n) is 12.7. The largest absolute Gasteiger partial charge is 0.480 e. The molecule has 3 atom stereocenters. The lowest BCUT2D eigenvalue weighted by atomic mass is 9.98. The van der Waals surface area contributed by atoms with Crippen LogP contribution in [-0.4, -0.2) is 71.2 Å². The Labute approximate surface area is 221 Å². The molecule has 0 spiro atoms. The standard InChI is InChI=1S/C26H35N7O5/c1-3-6-16(2)33(15-34)12-5-4-7-20(25(37)38)30-23(35)17-8-10-19(11-9-17)28-13-18-14-29-22-21(18)24(36)32-26(27)31-22/h8-11,14-16,20-21,28H,3-7,12-13H2,1-2H3,(H,30,35)(H,37,38)(H3,27,29,31,32,36)/t16?,20-,21?/m0/s1. The van der Waals surface area contributed by atoms with E-state index in [-0.39, 0.29) is 24.3 Å². The van der Waals surface area contributed by atoms with Crippen LogP contribution in [0.1, 0.15) is 56.3 Å². The third kappa shape index (κ3) is 7.40. The lowest BCUT2D eigenvalue weighted by Crippen LogP contribution is -2.47. The summed E-state index contributed by atoms with van der Waals surface area (Å²) in [6, 6.07) is 5.70. The predicted octanol–water partition coefficient (Wildman–Crippen LogP) is 1.46. The SMILES string of the molecule is CCCC(C)N(C=O)CCCC[C@H](NC(=O)c1ccc(NCC2=CN=C3N=C(N)NC(=O)C23)cc1)C(=O)O. The first-order valence-corrected chi connectivity index (χ1v) is 12.7. The van der Waals surface area contributed by atoms with Crippen molar-refractivity contribution >= 4 is 41.7 Å². The number of nitrogens with two attached hydrogens (primary N) is 1. The van der Waals surface area contributed by atoms with Gasteiger partial charge in [-0.25, -0.2) is 9.79 Å². The highest BCUT2D eigenvalue weighted by Crippen LogP contribution is 2.24. The van der Waals surface area contributed by atoms with Gasteiger partial charge in [0, 0.05) is 36.6 Å². The van der Waals surface area contributed by atoms with Gasteiger partial charge in [-0.2, -0.15) is 4.99 Å². The number of amidine groups is 1. The van der Waals surface area contributed by atoms with Gasteiger partial charge in [-0.05, 0) is 62.4 Å². The third-order valence-corrected chi connectivity index (χ3v) is 6.55. The minimum atomic E-state index is -1.10. The fourth-order valence-corrected chi connectivity index (χ4v) is 4.39. The van der Waals surface area contributed by atoms with Crippen molar-refractivity contribution in [3.63, 3.8) is 0 Å². The van der Waals surface area contributed by atoms with Gasteiger partial charge < -0.3 is 26.4 Å². The summed E-state index contributed by atoms with van der Waals surface area (Å²) in [6.07, 6.45) is 5.79. The van der Waals surface area contributed by atoms with E-state index in [2.05, 4.69) is 32.9 Å². The summed E-state index contributed by atoms with van der Waals surface area (Å²) in [6.45, 7) is 4.95. The van der Waals surface area contributed by atoms with Gasteiger partial charge in [0.25, 0.3) is 5.91 Å². The van der Waals surface area contributed by atoms with Gasteiger partial charge >= 0.3 is 5.97 Å². The predicted molar refractivity (Wildman–Crippen MR) is 144 cm³/mol. The first-order chi connectivity index (χ1) is 18.2. The summed E-state index contributed by atoms with van der Waals surface area (Å²) in [5, 5.41) is 17.8. The molecule has 1 aromatic carbocycles. The highest BCUT2D eigenvalue weighted by Gasteiger charge is 2.35. The van der Waals surface area contributed by atoms with Gasteiger partial charge in [0.1, 0.15) is 17.8 Å². The molecule has 2 aliphatic rings. The molecule has 12 nitrogen and oxygen atoms in total. The van der Waals surface area contributed by atoms with Gasteiger partial charge in [-0.3, -0.25) is 19.7 Å². The Bertz CT molecular complexity index is 1130. The number of benzene rings is 1. The number of amides is 3. The molecular weight excluding hydrogens is 490 g/mol. The van der Waals surface area contributed by atoms with Gasteiger partial charge in [-0.1, -0.05) is 13.3 Å². The van der Waals surface area contributed by atoms with Crippen molar-refractivity contribution in [1.82, 2.24) is 15.5 Å². The number of carbonyl (C=O) groups excluding carboxylic acids is 3. The smallest absolute Gasteiger partial charge is 0.326 e. The Kier molecular flexibility index (Phi) is 9.97. The molecule has 2 unspecified atom stereocenters. The van der Waals surface area contributed by atoms with Gasteiger partial charge in [0.15, 0.2) is 0 Å². The number of aliphatic carboxylic acids is 1. The molecule has 3 amide bonds. The maximum atomic E-state index is 12.7. The van der Waals surface area contributed by atoms with Crippen LogP contribution in [0.5, 0.6) is 0 Å². The molecule has 2 heterocycles. The Balaban J connectivity index is 1.46. The van der Waals surface area contributed by atoms with Crippen LogP contribution in [-0.2, 0) is 14.4 Å². The Morgan fingerprint density at radius 2 is 1.97 bits per heavy atom. The van der Waals surface area contributed by atoms with Crippen LogP contribution in [0.3, 0.4) is 0 Å². The highest BCUT2D eigenvalue weighted by atomic mass is 16.4. The second-order valence-electron chi connectivity index (χ2n) is 9.38. The van der Waals surface area contributed by atoms with Gasteiger partial charge in [0.05, 0.1) is 0 Å². The molecule has 0 fully saturated rings. The maximum Gasteiger partial charge on any atom is 0.326 e. The van der Waals surface area contributed by atoms with Crippen molar-refractivity contribution in [3.8, 4) is 0 Å². The van der Waals surface area contributed by atoms with E-state index < -0.39 is 23.8 Å². The number of carbonyl (C=O) groups is 4. The van der Waals surface area contributed by atoms with Crippen LogP contribution in [0, 0.1) is 5.92 Å². The summed E-state index contributed by atoms with van der Waals surface area (Å²) >= 11 is 0. The van der Waals surface area contributed by atoms with Crippen molar-refractivity contribution in [2.24, 2.45) is 21.6 Å². The number of carboxylic acid groups (broad SMARTS) is 1. The normalized spacial score (nSPS) is 17.7. The maximum absolute atomic E-state index is 12.7. The quantitative estimate of drug-likeness (QED) is 0.170. The number of hydrogen-bond donors (Lipinski definition) is 5. The van der Waals surface area contributed by atoms with Crippen molar-refractivity contribution < 1.29 is 24.3 Å². The number of nitrogens with one attached hydrogen (secondary N) is 3. The van der Waals surface area contributed by atoms with E-state index >= 15 is 0 Å². The molecule has 0 aromatic heterocycles. The first kappa shape index (κ1) is 28.4. The summed E-state index contributed by atoms with van der Waals surface area (Å²) < 4.78 is 0. The second-order valence-corrected chi connectivity index (χ2v) is 9.38. The number of guanidine groups is 1. The number of hydrogen-bond acceptors (Lipinski definition) is 8. The molecule has 38 heavy (non-hydrogen) atoms. The second kappa shape index (κ2) is 13.4. The Morgan fingerprint density at radius 1 is 1.24 bits per heavy atom. The molecule has 12 heteroatoms. The van der Waals surface area contributed by atoms with Gasteiger partial charge in [-0.15, -0.1) is 0 Å². The number of rotatable bonds is 15. The van der Waals surface area contributed by atoms with Crippen LogP contribution in [0.15, 0.2) is 46.0 Å². The third-order valence-electron chi connectivity index (χ3n) is 6.55. The number of aliphatic imine (C=N–C) groups is 2. The van der Waals surface area contributed by atoms with Crippen LogP contribution >= 0.6 is 0 Å². The van der Waals surface area contributed by atoms with Crippen molar-refractivity contribution in [1.29, 1.82) is 0 Å². The molecule has 0 saturated heterocycles. The van der Waals surface area contributed by atoms with E-state index in [9.17, 15) is 24.3 Å². The molecule has 0 aliphatic carbocycles. The zero-order chi connectivity index (χ0) is 27.7. The van der Waals surface area contributed by atoms with Crippen LogP contribution < -0.4 is 21.7 Å². The van der Waals surface area contributed by atoms with Crippen LogP contribution in [0.4, 0.5) is 5.69 Å². The van der Waals surface area contributed by atoms with E-state index in [4.69, 9.17) is 5.73 Å². The highest BCUT2D eigenvalue weighted by molar-refractivity contribution is 6.19. The summed E-state index contributed by atoms with van der Waals surface area (Å²) in [4.78, 5) is 57.8. The number of fused-ring (bicyclic) bond motifs is 1. The van der Waals surface area contributed by atoms with Crippen LogP contribution in [0.25, 0.3) is 0 Å². The average Bonchev–Trinajstić information content (AvgIpc) is 3.30. The van der Waals surface area contributed by atoms with E-state index in [1.165, 1.54) is 0 Å². The fourth-order valence-electron chi connectivity index (χ4n) is 4.39. The summed E-state index contributed by atoms with van der Waals surface area (Å²) in [7, 11) is 0. The van der Waals surface area contributed by atoms with E-state index in [0.717, 1.165) is 24.8 Å². The molecular formula is C26H35N7O5. The minimum absolute atomic E-state index is 0.0215. The molecule has 1 aromatic rings. The molecule has 0 radical (unpaired) electrons. The molecule has 0 saturated carbocycles. The molecule has 2 aliphatic heterocycles. The van der Waals surface area contributed by atoms with Crippen LogP contribution in [0.2, 0.25) is 0 Å². The van der Waals surface area contributed by atoms with Crippen molar-refractivity contribution in [2.45, 2.75) is 58.0 Å². The fraction of sp³-hybridized carbons (Fsp3) is 0.462.